The first-order valence-electron chi connectivity index (χ1n) is 3.85. The zero-order chi connectivity index (χ0) is 12.7. The maximum atomic E-state index is 12.7. The van der Waals surface area contributed by atoms with Crippen LogP contribution in [-0.4, -0.2) is 11.3 Å². The summed E-state index contributed by atoms with van der Waals surface area (Å²) < 4.78 is 74.1. The first-order chi connectivity index (χ1) is 7.16. The Kier molecular flexibility index (Phi) is 3.04. The van der Waals surface area contributed by atoms with Crippen molar-refractivity contribution in [2.45, 2.75) is 12.2 Å². The maximum absolute atomic E-state index is 12.7. The summed E-state index contributed by atoms with van der Waals surface area (Å²) in [6.45, 7) is 0. The minimum atomic E-state index is -5.01. The quantitative estimate of drug-likeness (QED) is 0.589. The van der Waals surface area contributed by atoms with E-state index in [1.165, 1.54) is 0 Å². The number of nitrogens with two attached hydrogens (primary N) is 1. The highest BCUT2D eigenvalue weighted by atomic mass is 19.4. The Morgan fingerprint density at radius 2 is 1.62 bits per heavy atom. The summed E-state index contributed by atoms with van der Waals surface area (Å²) >= 11 is 0. The van der Waals surface area contributed by atoms with Crippen molar-refractivity contribution < 1.29 is 31.4 Å². The summed E-state index contributed by atoms with van der Waals surface area (Å²) in [5.41, 5.74) is 3.36. The Morgan fingerprint density at radius 1 is 1.12 bits per heavy atom. The number of hydrogen-bond donors (Lipinski definition) is 2. The van der Waals surface area contributed by atoms with Crippen molar-refractivity contribution >= 4 is 0 Å². The van der Waals surface area contributed by atoms with Gasteiger partial charge in [0.2, 0.25) is 5.82 Å². The van der Waals surface area contributed by atoms with Crippen LogP contribution in [0.3, 0.4) is 0 Å². The van der Waals surface area contributed by atoms with Gasteiger partial charge in [-0.1, -0.05) is 0 Å². The number of phenols is 1. The molecule has 0 spiro atoms. The molecule has 0 saturated heterocycles. The van der Waals surface area contributed by atoms with E-state index in [4.69, 9.17) is 5.11 Å². The van der Waals surface area contributed by atoms with E-state index in [1.54, 1.807) is 0 Å². The summed E-state index contributed by atoms with van der Waals surface area (Å²) in [5.74, 6) is -7.67. The monoisotopic (exact) mass is 245 g/mol. The Labute approximate surface area is 85.3 Å². The summed E-state index contributed by atoms with van der Waals surface area (Å²) in [6.07, 6.45) is -5.01. The molecule has 1 aromatic carbocycles. The number of alkyl halides is 3. The molecule has 0 amide bonds. The Balaban J connectivity index is 3.36. The molecule has 1 rings (SSSR count). The van der Waals surface area contributed by atoms with Gasteiger partial charge in [0.05, 0.1) is 0 Å². The Hall–Kier alpha value is -1.44. The highest BCUT2D eigenvalue weighted by Crippen LogP contribution is 2.37. The van der Waals surface area contributed by atoms with Crippen LogP contribution in [0.5, 0.6) is 5.75 Å². The number of aromatic hydroxyl groups is 1. The molecule has 90 valence electrons. The number of halogens is 6. The van der Waals surface area contributed by atoms with Gasteiger partial charge in [-0.05, 0) is 6.07 Å². The van der Waals surface area contributed by atoms with Gasteiger partial charge in [0, 0.05) is 5.56 Å². The summed E-state index contributed by atoms with van der Waals surface area (Å²) in [6, 6.07) is -2.79. The first kappa shape index (κ1) is 12.6. The average Bonchev–Trinajstić information content (AvgIpc) is 2.18. The summed E-state index contributed by atoms with van der Waals surface area (Å²) in [5, 5.41) is 8.87. The third-order valence-corrected chi connectivity index (χ3v) is 1.85. The van der Waals surface area contributed by atoms with Crippen LogP contribution in [0.2, 0.25) is 0 Å². The molecule has 1 atom stereocenters. The molecule has 16 heavy (non-hydrogen) atoms. The molecule has 0 aromatic heterocycles. The van der Waals surface area contributed by atoms with Crippen molar-refractivity contribution in [1.82, 2.24) is 0 Å². The van der Waals surface area contributed by atoms with E-state index in [2.05, 4.69) is 5.73 Å². The second-order valence-corrected chi connectivity index (χ2v) is 2.94. The molecule has 0 fully saturated rings. The van der Waals surface area contributed by atoms with Gasteiger partial charge in [-0.3, -0.25) is 0 Å². The molecular weight excluding hydrogens is 240 g/mol. The molecule has 0 heterocycles. The van der Waals surface area contributed by atoms with Gasteiger partial charge in [0.15, 0.2) is 17.4 Å². The van der Waals surface area contributed by atoms with Crippen molar-refractivity contribution in [1.29, 1.82) is 0 Å². The van der Waals surface area contributed by atoms with Crippen LogP contribution >= 0.6 is 0 Å². The maximum Gasteiger partial charge on any atom is 0.407 e. The molecular formula is C8H5F6NO. The van der Waals surface area contributed by atoms with E-state index in [9.17, 15) is 26.3 Å². The van der Waals surface area contributed by atoms with Crippen LogP contribution in [0.15, 0.2) is 6.07 Å². The zero-order valence-electron chi connectivity index (χ0n) is 7.45. The normalized spacial score (nSPS) is 13.9. The van der Waals surface area contributed by atoms with Crippen LogP contribution in [-0.2, 0) is 0 Å². The van der Waals surface area contributed by atoms with E-state index in [0.717, 1.165) is 0 Å². The van der Waals surface area contributed by atoms with Gasteiger partial charge in [-0.15, -0.1) is 0 Å². The lowest BCUT2D eigenvalue weighted by Crippen LogP contribution is -2.29. The second-order valence-electron chi connectivity index (χ2n) is 2.94. The van der Waals surface area contributed by atoms with Gasteiger partial charge in [0.1, 0.15) is 6.04 Å². The van der Waals surface area contributed by atoms with Gasteiger partial charge in [-0.2, -0.15) is 17.6 Å². The van der Waals surface area contributed by atoms with Crippen molar-refractivity contribution in [2.75, 3.05) is 0 Å². The fourth-order valence-electron chi connectivity index (χ4n) is 1.02. The van der Waals surface area contributed by atoms with E-state index in [0.29, 0.717) is 0 Å². The molecule has 8 heteroatoms. The predicted molar refractivity (Wildman–Crippen MR) is 41.0 cm³/mol. The predicted octanol–water partition coefficient (Wildman–Crippen LogP) is 2.37. The molecule has 1 aromatic rings. The SMILES string of the molecule is N[C@@H](c1cc(F)c(F)c(F)c1O)C(F)(F)F. The van der Waals surface area contributed by atoms with Crippen LogP contribution in [0, 0.1) is 17.5 Å². The summed E-state index contributed by atoms with van der Waals surface area (Å²) in [7, 11) is 0. The Bertz CT molecular complexity index is 416. The highest BCUT2D eigenvalue weighted by molar-refractivity contribution is 5.38. The van der Waals surface area contributed by atoms with Crippen molar-refractivity contribution in [2.24, 2.45) is 5.73 Å². The van der Waals surface area contributed by atoms with E-state index >= 15 is 0 Å². The second kappa shape index (κ2) is 3.85. The molecule has 3 N–H and O–H groups in total. The highest BCUT2D eigenvalue weighted by Gasteiger charge is 2.40. The molecule has 0 aliphatic rings. The summed E-state index contributed by atoms with van der Waals surface area (Å²) in [4.78, 5) is 0. The van der Waals surface area contributed by atoms with Crippen LogP contribution < -0.4 is 5.73 Å². The minimum absolute atomic E-state index is 0.00586. The molecule has 0 unspecified atom stereocenters. The lowest BCUT2D eigenvalue weighted by atomic mass is 10.1. The first-order valence-corrected chi connectivity index (χ1v) is 3.85. The third-order valence-electron chi connectivity index (χ3n) is 1.85. The lowest BCUT2D eigenvalue weighted by molar-refractivity contribution is -0.149. The van der Waals surface area contributed by atoms with E-state index in [-0.39, 0.29) is 6.07 Å². The zero-order valence-corrected chi connectivity index (χ0v) is 7.45. The third kappa shape index (κ3) is 2.06. The standard InChI is InChI=1S/C8H5F6NO/c9-3-1-2(7(15)8(12,13)14)6(16)5(11)4(3)10/h1,7,16H,15H2/t7-/m0/s1. The van der Waals surface area contributed by atoms with Crippen LogP contribution in [0.4, 0.5) is 26.3 Å². The fraction of sp³-hybridized carbons (Fsp3) is 0.250. The molecule has 0 saturated carbocycles. The van der Waals surface area contributed by atoms with Gasteiger partial charge >= 0.3 is 6.18 Å². The molecule has 0 aliphatic carbocycles. The topological polar surface area (TPSA) is 46.2 Å². The van der Waals surface area contributed by atoms with Crippen molar-refractivity contribution in [3.8, 4) is 5.75 Å². The molecule has 2 nitrogen and oxygen atoms in total. The molecule has 0 aliphatic heterocycles. The molecule has 0 bridgehead atoms. The largest absolute Gasteiger partial charge is 0.505 e. The number of benzene rings is 1. The van der Waals surface area contributed by atoms with Gasteiger partial charge in [-0.25, -0.2) is 8.78 Å². The van der Waals surface area contributed by atoms with Crippen molar-refractivity contribution in [3.63, 3.8) is 0 Å². The number of phenolic OH excluding ortho intramolecular Hbond substituents is 1. The van der Waals surface area contributed by atoms with E-state index < -0.39 is 41.0 Å². The molecule has 0 radical (unpaired) electrons. The van der Waals surface area contributed by atoms with Crippen LogP contribution in [0.1, 0.15) is 11.6 Å². The number of rotatable bonds is 1. The van der Waals surface area contributed by atoms with Crippen LogP contribution in [0.25, 0.3) is 0 Å². The van der Waals surface area contributed by atoms with Gasteiger partial charge in [0.25, 0.3) is 0 Å². The minimum Gasteiger partial charge on any atom is -0.505 e. The van der Waals surface area contributed by atoms with Gasteiger partial charge < -0.3 is 10.8 Å². The Morgan fingerprint density at radius 3 is 2.06 bits per heavy atom. The average molecular weight is 245 g/mol. The van der Waals surface area contributed by atoms with Crippen molar-refractivity contribution in [3.05, 3.63) is 29.1 Å². The smallest absolute Gasteiger partial charge is 0.407 e. The lowest BCUT2D eigenvalue weighted by Gasteiger charge is -2.17. The fourth-order valence-corrected chi connectivity index (χ4v) is 1.02. The van der Waals surface area contributed by atoms with E-state index in [1.807, 2.05) is 0 Å². The number of hydrogen-bond acceptors (Lipinski definition) is 2.